The fourth-order valence-corrected chi connectivity index (χ4v) is 4.70. The second kappa shape index (κ2) is 8.19. The number of alkyl halides is 3. The quantitative estimate of drug-likeness (QED) is 0.415. The third-order valence-corrected chi connectivity index (χ3v) is 6.55. The molecule has 8 nitrogen and oxygen atoms in total. The largest absolute Gasteiger partial charge is 0.417 e. The Labute approximate surface area is 196 Å². The number of rotatable bonds is 6. The van der Waals surface area contributed by atoms with E-state index in [1.807, 2.05) is 30.1 Å². The highest BCUT2D eigenvalue weighted by Gasteiger charge is 2.37. The Kier molecular flexibility index (Phi) is 5.42. The van der Waals surface area contributed by atoms with Gasteiger partial charge < -0.3 is 5.32 Å². The first-order valence-electron chi connectivity index (χ1n) is 10.9. The molecule has 4 aromatic rings. The van der Waals surface area contributed by atoms with E-state index in [1.165, 1.54) is 22.9 Å². The van der Waals surface area contributed by atoms with E-state index in [1.54, 1.807) is 0 Å². The molecule has 4 aromatic heterocycles. The van der Waals surface area contributed by atoms with Gasteiger partial charge in [-0.05, 0) is 39.7 Å². The summed E-state index contributed by atoms with van der Waals surface area (Å²) < 4.78 is 44.3. The minimum atomic E-state index is -4.54. The third kappa shape index (κ3) is 4.17. The number of carbonyl (C=O) groups excluding carboxylic acids is 1. The molecule has 0 radical (unpaired) electrons. The summed E-state index contributed by atoms with van der Waals surface area (Å²) in [6, 6.07) is 1.12. The lowest BCUT2D eigenvalue weighted by atomic mass is 10.1. The molecule has 0 spiro atoms. The summed E-state index contributed by atoms with van der Waals surface area (Å²) in [7, 11) is 0. The number of carbonyl (C=O) groups is 1. The van der Waals surface area contributed by atoms with Gasteiger partial charge >= 0.3 is 6.18 Å². The Morgan fingerprint density at radius 1 is 1.21 bits per heavy atom. The van der Waals surface area contributed by atoms with Crippen molar-refractivity contribution in [1.82, 2.24) is 29.5 Å². The number of amides is 1. The number of hydrogen-bond acceptors (Lipinski definition) is 6. The van der Waals surface area contributed by atoms with Gasteiger partial charge in [-0.15, -0.1) is 11.3 Å². The third-order valence-electron chi connectivity index (χ3n) is 5.79. The number of aryl methyl sites for hydroxylation is 3. The molecule has 0 unspecified atom stereocenters. The highest BCUT2D eigenvalue weighted by Crippen LogP contribution is 2.43. The van der Waals surface area contributed by atoms with Crippen molar-refractivity contribution in [2.24, 2.45) is 0 Å². The summed E-state index contributed by atoms with van der Waals surface area (Å²) in [5.74, 6) is -0.421. The van der Waals surface area contributed by atoms with E-state index < -0.39 is 17.6 Å². The Hall–Kier alpha value is -3.28. The van der Waals surface area contributed by atoms with Gasteiger partial charge in [0.25, 0.3) is 0 Å². The number of aromatic nitrogens is 6. The highest BCUT2D eigenvalue weighted by molar-refractivity contribution is 7.14. The van der Waals surface area contributed by atoms with Crippen LogP contribution in [0.1, 0.15) is 48.3 Å². The van der Waals surface area contributed by atoms with Crippen LogP contribution >= 0.6 is 11.3 Å². The molecule has 1 fully saturated rings. The lowest BCUT2D eigenvalue weighted by Crippen LogP contribution is -2.20. The van der Waals surface area contributed by atoms with Gasteiger partial charge in [0.1, 0.15) is 6.54 Å². The molecule has 0 bridgehead atoms. The number of pyridine rings is 1. The van der Waals surface area contributed by atoms with Gasteiger partial charge in [0, 0.05) is 35.3 Å². The van der Waals surface area contributed by atoms with Crippen molar-refractivity contribution < 1.29 is 18.0 Å². The highest BCUT2D eigenvalue weighted by atomic mass is 32.1. The van der Waals surface area contributed by atoms with Crippen molar-refractivity contribution in [2.45, 2.75) is 58.8 Å². The van der Waals surface area contributed by atoms with E-state index in [9.17, 15) is 18.0 Å². The van der Waals surface area contributed by atoms with Crippen LogP contribution in [0.5, 0.6) is 0 Å². The monoisotopic (exact) mass is 489 g/mol. The smallest absolute Gasteiger partial charge is 0.300 e. The van der Waals surface area contributed by atoms with Crippen molar-refractivity contribution in [3.05, 3.63) is 40.3 Å². The normalized spacial score (nSPS) is 14.2. The number of fused-ring (bicyclic) bond motifs is 1. The number of anilines is 1. The summed E-state index contributed by atoms with van der Waals surface area (Å²) in [6.07, 6.45) is -1.01. The van der Waals surface area contributed by atoms with Crippen LogP contribution in [0.15, 0.2) is 17.6 Å². The average Bonchev–Trinajstić information content (AvgIpc) is 3.30. The molecular weight excluding hydrogens is 467 g/mol. The zero-order chi connectivity index (χ0) is 24.2. The number of hydrogen-bond donors (Lipinski definition) is 1. The summed E-state index contributed by atoms with van der Waals surface area (Å²) in [5.41, 5.74) is 2.32. The molecule has 178 valence electrons. The molecule has 1 aliphatic carbocycles. The van der Waals surface area contributed by atoms with E-state index in [0.29, 0.717) is 16.5 Å². The summed E-state index contributed by atoms with van der Waals surface area (Å²) in [4.78, 5) is 21.7. The van der Waals surface area contributed by atoms with Crippen LogP contribution in [0.3, 0.4) is 0 Å². The lowest BCUT2D eigenvalue weighted by molar-refractivity contribution is -0.136. The van der Waals surface area contributed by atoms with Gasteiger partial charge in [0.15, 0.2) is 10.8 Å². The predicted octanol–water partition coefficient (Wildman–Crippen LogP) is 4.92. The van der Waals surface area contributed by atoms with Gasteiger partial charge in [-0.25, -0.2) is 14.6 Å². The average molecular weight is 490 g/mol. The molecule has 5 rings (SSSR count). The topological polar surface area (TPSA) is 90.5 Å². The summed E-state index contributed by atoms with van der Waals surface area (Å²) in [5, 5.41) is 13.5. The first kappa shape index (κ1) is 22.5. The van der Waals surface area contributed by atoms with Crippen LogP contribution < -0.4 is 5.32 Å². The molecule has 1 saturated carbocycles. The first-order valence-corrected chi connectivity index (χ1v) is 11.8. The molecule has 0 aliphatic heterocycles. The minimum absolute atomic E-state index is 0.0252. The van der Waals surface area contributed by atoms with Crippen molar-refractivity contribution >= 4 is 33.4 Å². The van der Waals surface area contributed by atoms with Gasteiger partial charge in [-0.3, -0.25) is 9.48 Å². The van der Waals surface area contributed by atoms with E-state index in [2.05, 4.69) is 25.5 Å². The van der Waals surface area contributed by atoms with Crippen LogP contribution in [0.25, 0.3) is 22.3 Å². The zero-order valence-electron chi connectivity index (χ0n) is 18.8. The Morgan fingerprint density at radius 3 is 2.62 bits per heavy atom. The molecule has 4 heterocycles. The van der Waals surface area contributed by atoms with Gasteiger partial charge in [0.05, 0.1) is 28.0 Å². The molecule has 1 amide bonds. The molecule has 12 heteroatoms. The van der Waals surface area contributed by atoms with Gasteiger partial charge in [0.2, 0.25) is 5.91 Å². The van der Waals surface area contributed by atoms with E-state index >= 15 is 0 Å². The fourth-order valence-electron chi connectivity index (χ4n) is 3.98. The van der Waals surface area contributed by atoms with Crippen LogP contribution in [0.2, 0.25) is 0 Å². The minimum Gasteiger partial charge on any atom is -0.300 e. The standard InChI is InChI=1S/C22H22F3N7OS/c1-4-31-8-14(11(2)29-31)17-10-34-21(27-17)28-18(33)9-32-20-19(12(3)30-32)15(22(23,24)25)7-16(26-20)13-5-6-13/h7-8,10,13H,4-6,9H2,1-3H3,(H,27,28,33). The Balaban J connectivity index is 1.40. The van der Waals surface area contributed by atoms with Crippen molar-refractivity contribution in [3.8, 4) is 11.3 Å². The molecule has 1 aliphatic rings. The molecule has 34 heavy (non-hydrogen) atoms. The molecule has 0 saturated heterocycles. The fraction of sp³-hybridized carbons (Fsp3) is 0.409. The van der Waals surface area contributed by atoms with E-state index in [-0.39, 0.29) is 29.2 Å². The maximum Gasteiger partial charge on any atom is 0.417 e. The second-order valence-corrected chi connectivity index (χ2v) is 9.24. The molecule has 0 aromatic carbocycles. The lowest BCUT2D eigenvalue weighted by Gasteiger charge is -2.11. The zero-order valence-corrected chi connectivity index (χ0v) is 19.6. The first-order chi connectivity index (χ1) is 16.1. The van der Waals surface area contributed by atoms with Gasteiger partial charge in [-0.2, -0.15) is 23.4 Å². The van der Waals surface area contributed by atoms with Crippen LogP contribution in [0, 0.1) is 13.8 Å². The SMILES string of the molecule is CCn1cc(-c2csc(NC(=O)Cn3nc(C)c4c(C(F)(F)F)cc(C5CC5)nc43)n2)c(C)n1. The Bertz CT molecular complexity index is 1400. The van der Waals surface area contributed by atoms with Crippen molar-refractivity contribution in [1.29, 1.82) is 0 Å². The van der Waals surface area contributed by atoms with Gasteiger partial charge in [-0.1, -0.05) is 0 Å². The van der Waals surface area contributed by atoms with Crippen LogP contribution in [0.4, 0.5) is 18.3 Å². The number of halogens is 3. The summed E-state index contributed by atoms with van der Waals surface area (Å²) >= 11 is 1.26. The predicted molar refractivity (Wildman–Crippen MR) is 122 cm³/mol. The Morgan fingerprint density at radius 2 is 1.97 bits per heavy atom. The number of nitrogens with zero attached hydrogens (tertiary/aromatic N) is 6. The summed E-state index contributed by atoms with van der Waals surface area (Å²) in [6.45, 7) is 5.84. The molecule has 1 N–H and O–H groups in total. The maximum absolute atomic E-state index is 13.8. The van der Waals surface area contributed by atoms with E-state index in [4.69, 9.17) is 0 Å². The van der Waals surface area contributed by atoms with Crippen molar-refractivity contribution in [2.75, 3.05) is 5.32 Å². The second-order valence-electron chi connectivity index (χ2n) is 8.38. The number of thiazole rings is 1. The van der Waals surface area contributed by atoms with Crippen LogP contribution in [-0.4, -0.2) is 35.4 Å². The van der Waals surface area contributed by atoms with Crippen LogP contribution in [-0.2, 0) is 24.1 Å². The van der Waals surface area contributed by atoms with Crippen molar-refractivity contribution in [3.63, 3.8) is 0 Å². The van der Waals surface area contributed by atoms with E-state index in [0.717, 1.165) is 36.7 Å². The number of nitrogens with one attached hydrogen (secondary N) is 1. The molecule has 0 atom stereocenters. The maximum atomic E-state index is 13.8. The molecular formula is C22H22F3N7OS.